The molecule has 1 aliphatic heterocycles. The van der Waals surface area contributed by atoms with E-state index in [9.17, 15) is 0 Å². The van der Waals surface area contributed by atoms with Gasteiger partial charge in [0.2, 0.25) is 0 Å². The predicted molar refractivity (Wildman–Crippen MR) is 83.2 cm³/mol. The van der Waals surface area contributed by atoms with E-state index in [1.807, 2.05) is 0 Å². The summed E-state index contributed by atoms with van der Waals surface area (Å²) in [6, 6.07) is 13.3. The Morgan fingerprint density at radius 2 is 1.18 bits per heavy atom. The maximum Gasteiger partial charge on any atom is 0.0186 e. The number of fused-ring (bicyclic) bond motifs is 3. The molecule has 17 heavy (non-hydrogen) atoms. The van der Waals surface area contributed by atoms with Crippen LogP contribution in [0.5, 0.6) is 0 Å². The second-order valence-electron chi connectivity index (χ2n) is 4.61. The Bertz CT molecular complexity index is 564. The number of hydrogen-bond acceptors (Lipinski definition) is 0. The Labute approximate surface area is 120 Å². The summed E-state index contributed by atoms with van der Waals surface area (Å²) in [5.41, 5.74) is 2.80. The van der Waals surface area contributed by atoms with Crippen LogP contribution in [-0.4, -0.2) is 12.5 Å². The Kier molecular flexibility index (Phi) is 2.69. The average Bonchev–Trinajstić information content (AvgIpc) is 2.49. The summed E-state index contributed by atoms with van der Waals surface area (Å²) >= 11 is 7.16. The minimum absolute atomic E-state index is 0.870. The van der Waals surface area contributed by atoms with Crippen molar-refractivity contribution >= 4 is 41.9 Å². The van der Waals surface area contributed by atoms with Crippen molar-refractivity contribution in [2.24, 2.45) is 0 Å². The summed E-state index contributed by atoms with van der Waals surface area (Å²) in [7, 11) is -0.870. The van der Waals surface area contributed by atoms with E-state index in [4.69, 9.17) is 0 Å². The highest BCUT2D eigenvalue weighted by molar-refractivity contribution is 9.10. The molecule has 0 atom stereocenters. The third kappa shape index (κ3) is 1.71. The molecular weight excluding hydrogens is 360 g/mol. The van der Waals surface area contributed by atoms with Gasteiger partial charge in [-0.25, -0.2) is 0 Å². The zero-order valence-electron chi connectivity index (χ0n) is 9.63. The van der Waals surface area contributed by atoms with E-state index in [1.165, 1.54) is 29.9 Å². The van der Waals surface area contributed by atoms with Crippen LogP contribution in [-0.2, 0) is 0 Å². The Morgan fingerprint density at radius 1 is 0.765 bits per heavy atom. The SMILES string of the molecule is CS1(C)c2cc(Br)ccc2-c2ccc(Br)cc21. The molecule has 1 heterocycles. The normalized spacial score (nSPS) is 17.4. The molecule has 2 aromatic rings. The fraction of sp³-hybridized carbons (Fsp3) is 0.143. The van der Waals surface area contributed by atoms with Gasteiger partial charge in [-0.15, -0.1) is 0 Å². The lowest BCUT2D eigenvalue weighted by molar-refractivity contribution is 1.42. The molecule has 88 valence electrons. The molecule has 0 amide bonds. The fourth-order valence-electron chi connectivity index (χ4n) is 2.40. The van der Waals surface area contributed by atoms with Crippen molar-refractivity contribution in [3.05, 3.63) is 45.3 Å². The van der Waals surface area contributed by atoms with Crippen molar-refractivity contribution in [2.75, 3.05) is 12.5 Å². The molecule has 0 bridgehead atoms. The van der Waals surface area contributed by atoms with Crippen LogP contribution in [0.2, 0.25) is 0 Å². The standard InChI is InChI=1S/C14H12Br2S/c1-17(2)13-7-9(15)3-5-11(13)12-6-4-10(16)8-14(12)17/h3-8H,1-2H3. The maximum atomic E-state index is 3.58. The summed E-state index contributed by atoms with van der Waals surface area (Å²) in [6.45, 7) is 0. The number of hydrogen-bond donors (Lipinski definition) is 0. The molecule has 0 spiro atoms. The van der Waals surface area contributed by atoms with Gasteiger partial charge < -0.3 is 0 Å². The number of halogens is 2. The summed E-state index contributed by atoms with van der Waals surface area (Å²) in [5, 5.41) is 0. The number of rotatable bonds is 0. The van der Waals surface area contributed by atoms with Crippen molar-refractivity contribution in [1.29, 1.82) is 0 Å². The summed E-state index contributed by atoms with van der Waals surface area (Å²) in [5.74, 6) is 0. The van der Waals surface area contributed by atoms with E-state index in [-0.39, 0.29) is 0 Å². The lowest BCUT2D eigenvalue weighted by atomic mass is 10.1. The van der Waals surface area contributed by atoms with Crippen molar-refractivity contribution in [3.8, 4) is 11.1 Å². The van der Waals surface area contributed by atoms with Gasteiger partial charge >= 0.3 is 0 Å². The van der Waals surface area contributed by atoms with Crippen LogP contribution in [0.4, 0.5) is 0 Å². The van der Waals surface area contributed by atoms with Crippen LogP contribution in [0.25, 0.3) is 11.1 Å². The molecule has 2 aromatic carbocycles. The highest BCUT2D eigenvalue weighted by Crippen LogP contribution is 2.67. The van der Waals surface area contributed by atoms with Gasteiger partial charge in [0.15, 0.2) is 0 Å². The quantitative estimate of drug-likeness (QED) is 0.559. The van der Waals surface area contributed by atoms with E-state index >= 15 is 0 Å². The van der Waals surface area contributed by atoms with Gasteiger partial charge in [-0.1, -0.05) is 44.0 Å². The smallest absolute Gasteiger partial charge is 0.0186 e. The first-order valence-electron chi connectivity index (χ1n) is 5.33. The summed E-state index contributed by atoms with van der Waals surface area (Å²) < 4.78 is 2.34. The van der Waals surface area contributed by atoms with Crippen molar-refractivity contribution < 1.29 is 0 Å². The molecule has 3 rings (SSSR count). The lowest BCUT2D eigenvalue weighted by Gasteiger charge is -2.28. The van der Waals surface area contributed by atoms with E-state index in [0.29, 0.717) is 0 Å². The number of benzene rings is 2. The van der Waals surface area contributed by atoms with Gasteiger partial charge in [0.1, 0.15) is 0 Å². The Morgan fingerprint density at radius 3 is 1.59 bits per heavy atom. The van der Waals surface area contributed by atoms with Crippen LogP contribution < -0.4 is 0 Å². The molecule has 0 aromatic heterocycles. The molecule has 0 N–H and O–H groups in total. The first kappa shape index (κ1) is 11.8. The minimum Gasteiger partial charge on any atom is -0.192 e. The zero-order chi connectivity index (χ0) is 12.2. The van der Waals surface area contributed by atoms with Crippen LogP contribution in [0.15, 0.2) is 55.1 Å². The van der Waals surface area contributed by atoms with E-state index in [0.717, 1.165) is 0 Å². The van der Waals surface area contributed by atoms with Crippen LogP contribution in [0, 0.1) is 0 Å². The Hall–Kier alpha value is -0.250. The van der Waals surface area contributed by atoms with E-state index in [2.05, 4.69) is 80.8 Å². The van der Waals surface area contributed by atoms with Crippen LogP contribution >= 0.6 is 41.9 Å². The van der Waals surface area contributed by atoms with Crippen molar-refractivity contribution in [3.63, 3.8) is 0 Å². The van der Waals surface area contributed by atoms with Gasteiger partial charge in [0.05, 0.1) is 0 Å². The van der Waals surface area contributed by atoms with Crippen molar-refractivity contribution in [2.45, 2.75) is 9.79 Å². The lowest BCUT2D eigenvalue weighted by Crippen LogP contribution is -1.92. The third-order valence-corrected chi connectivity index (χ3v) is 7.14. The third-order valence-electron chi connectivity index (χ3n) is 3.28. The molecule has 0 radical (unpaired) electrons. The second-order valence-corrected chi connectivity index (χ2v) is 9.97. The highest BCUT2D eigenvalue weighted by Gasteiger charge is 2.31. The first-order chi connectivity index (χ1) is 8.00. The maximum absolute atomic E-state index is 3.58. The highest BCUT2D eigenvalue weighted by atomic mass is 79.9. The van der Waals surface area contributed by atoms with Gasteiger partial charge in [0, 0.05) is 18.7 Å². The summed E-state index contributed by atoms with van der Waals surface area (Å²) in [4.78, 5) is 2.97. The minimum atomic E-state index is -0.870. The molecule has 0 nitrogen and oxygen atoms in total. The van der Waals surface area contributed by atoms with E-state index in [1.54, 1.807) is 0 Å². The van der Waals surface area contributed by atoms with Crippen LogP contribution in [0.3, 0.4) is 0 Å². The molecule has 0 fully saturated rings. The topological polar surface area (TPSA) is 0 Å². The molecule has 0 aliphatic carbocycles. The monoisotopic (exact) mass is 370 g/mol. The second kappa shape index (κ2) is 3.87. The van der Waals surface area contributed by atoms with E-state index < -0.39 is 10.0 Å². The van der Waals surface area contributed by atoms with Crippen LogP contribution in [0.1, 0.15) is 0 Å². The van der Waals surface area contributed by atoms with Gasteiger partial charge in [-0.3, -0.25) is 0 Å². The fourth-order valence-corrected chi connectivity index (χ4v) is 5.96. The van der Waals surface area contributed by atoms with Crippen molar-refractivity contribution in [1.82, 2.24) is 0 Å². The first-order valence-corrected chi connectivity index (χ1v) is 9.36. The van der Waals surface area contributed by atoms with Gasteiger partial charge in [0.25, 0.3) is 0 Å². The molecule has 1 aliphatic rings. The van der Waals surface area contributed by atoms with Gasteiger partial charge in [-0.05, 0) is 47.9 Å². The molecule has 0 saturated heterocycles. The molecule has 0 unspecified atom stereocenters. The average molecular weight is 372 g/mol. The van der Waals surface area contributed by atoms with Gasteiger partial charge in [-0.2, -0.15) is 10.0 Å². The molecular formula is C14H12Br2S. The zero-order valence-corrected chi connectivity index (χ0v) is 13.6. The molecule has 0 saturated carbocycles. The largest absolute Gasteiger partial charge is 0.192 e. The summed E-state index contributed by atoms with van der Waals surface area (Å²) in [6.07, 6.45) is 4.74. The Balaban J connectivity index is 2.37. The predicted octanol–water partition coefficient (Wildman–Crippen LogP) is 5.67. The molecule has 3 heteroatoms.